The van der Waals surface area contributed by atoms with Gasteiger partial charge in [0.1, 0.15) is 11.6 Å². The number of hydrogen-bond donors (Lipinski definition) is 1. The number of methoxy groups -OCH3 is 1. The monoisotopic (exact) mass is 392 g/mol. The van der Waals surface area contributed by atoms with Crippen molar-refractivity contribution in [1.29, 1.82) is 0 Å². The maximum absolute atomic E-state index is 13.9. The SMILES string of the molecule is COc1ccccc1C(=O)N[C@@H]1CCN(c2ccc(-c3ccccc3F)nn2)C1. The Hall–Kier alpha value is -3.48. The number of aromatic nitrogens is 2. The standard InChI is InChI=1S/C22H21FN4O2/c1-29-20-9-5-3-7-17(20)22(28)24-15-12-13-27(14-15)21-11-10-19(25-26-21)16-6-2-4-8-18(16)23/h2-11,15H,12-14H2,1H3,(H,24,28)/t15-/m1/s1. The van der Waals surface area contributed by atoms with Crippen LogP contribution >= 0.6 is 0 Å². The van der Waals surface area contributed by atoms with Crippen molar-refractivity contribution in [3.63, 3.8) is 0 Å². The van der Waals surface area contributed by atoms with Crippen molar-refractivity contribution in [3.05, 3.63) is 72.0 Å². The lowest BCUT2D eigenvalue weighted by atomic mass is 10.1. The highest BCUT2D eigenvalue weighted by atomic mass is 19.1. The zero-order valence-corrected chi connectivity index (χ0v) is 16.0. The lowest BCUT2D eigenvalue weighted by Crippen LogP contribution is -2.37. The zero-order valence-electron chi connectivity index (χ0n) is 16.0. The summed E-state index contributed by atoms with van der Waals surface area (Å²) in [5, 5.41) is 11.5. The van der Waals surface area contributed by atoms with Crippen LogP contribution in [-0.2, 0) is 0 Å². The molecule has 0 saturated carbocycles. The van der Waals surface area contributed by atoms with Crippen LogP contribution in [0.4, 0.5) is 10.2 Å². The van der Waals surface area contributed by atoms with Gasteiger partial charge in [-0.3, -0.25) is 4.79 Å². The number of anilines is 1. The van der Waals surface area contributed by atoms with Crippen LogP contribution in [0, 0.1) is 5.82 Å². The summed E-state index contributed by atoms with van der Waals surface area (Å²) >= 11 is 0. The number of nitrogens with zero attached hydrogens (tertiary/aromatic N) is 3. The molecule has 29 heavy (non-hydrogen) atoms. The lowest BCUT2D eigenvalue weighted by molar-refractivity contribution is 0.0937. The van der Waals surface area contributed by atoms with E-state index in [2.05, 4.69) is 20.4 Å². The van der Waals surface area contributed by atoms with Gasteiger partial charge in [0.25, 0.3) is 5.91 Å². The van der Waals surface area contributed by atoms with E-state index in [4.69, 9.17) is 4.74 Å². The van der Waals surface area contributed by atoms with E-state index in [1.54, 1.807) is 43.5 Å². The van der Waals surface area contributed by atoms with Crippen LogP contribution in [0.25, 0.3) is 11.3 Å². The van der Waals surface area contributed by atoms with Gasteiger partial charge >= 0.3 is 0 Å². The first-order valence-corrected chi connectivity index (χ1v) is 9.43. The van der Waals surface area contributed by atoms with Gasteiger partial charge in [-0.1, -0.05) is 24.3 Å². The number of nitrogens with one attached hydrogen (secondary N) is 1. The molecule has 1 N–H and O–H groups in total. The van der Waals surface area contributed by atoms with E-state index in [9.17, 15) is 9.18 Å². The number of hydrogen-bond acceptors (Lipinski definition) is 5. The van der Waals surface area contributed by atoms with E-state index in [-0.39, 0.29) is 17.8 Å². The van der Waals surface area contributed by atoms with Crippen LogP contribution in [0.15, 0.2) is 60.7 Å². The molecule has 6 nitrogen and oxygen atoms in total. The van der Waals surface area contributed by atoms with Crippen LogP contribution < -0.4 is 15.0 Å². The lowest BCUT2D eigenvalue weighted by Gasteiger charge is -2.18. The summed E-state index contributed by atoms with van der Waals surface area (Å²) in [4.78, 5) is 14.6. The summed E-state index contributed by atoms with van der Waals surface area (Å²) in [6.45, 7) is 1.39. The van der Waals surface area contributed by atoms with Gasteiger partial charge in [0.05, 0.1) is 18.4 Å². The van der Waals surface area contributed by atoms with Crippen LogP contribution in [-0.4, -0.2) is 42.3 Å². The van der Waals surface area contributed by atoms with E-state index in [0.717, 1.165) is 13.0 Å². The maximum Gasteiger partial charge on any atom is 0.255 e. The molecule has 1 fully saturated rings. The van der Waals surface area contributed by atoms with Crippen LogP contribution in [0.5, 0.6) is 5.75 Å². The van der Waals surface area contributed by atoms with E-state index in [1.165, 1.54) is 6.07 Å². The molecular weight excluding hydrogens is 371 g/mol. The molecule has 0 spiro atoms. The first kappa shape index (κ1) is 18.9. The Balaban J connectivity index is 1.41. The number of amides is 1. The highest BCUT2D eigenvalue weighted by Crippen LogP contribution is 2.24. The van der Waals surface area contributed by atoms with E-state index in [1.807, 2.05) is 18.2 Å². The third-order valence-corrected chi connectivity index (χ3v) is 5.00. The van der Waals surface area contributed by atoms with Crippen molar-refractivity contribution in [3.8, 4) is 17.0 Å². The molecule has 2 aromatic carbocycles. The molecule has 0 unspecified atom stereocenters. The normalized spacial score (nSPS) is 15.9. The molecule has 1 aromatic heterocycles. The molecule has 4 rings (SSSR count). The summed E-state index contributed by atoms with van der Waals surface area (Å²) in [7, 11) is 1.55. The van der Waals surface area contributed by atoms with Crippen molar-refractivity contribution in [2.45, 2.75) is 12.5 Å². The average molecular weight is 392 g/mol. The number of para-hydroxylation sites is 1. The molecule has 1 saturated heterocycles. The molecule has 0 radical (unpaired) electrons. The highest BCUT2D eigenvalue weighted by molar-refractivity contribution is 5.97. The van der Waals surface area contributed by atoms with Crippen LogP contribution in [0.3, 0.4) is 0 Å². The molecule has 1 aliphatic rings. The number of benzene rings is 2. The number of carbonyl (C=O) groups is 1. The Kier molecular flexibility index (Phi) is 5.37. The fourth-order valence-corrected chi connectivity index (χ4v) is 3.49. The Labute approximate surface area is 168 Å². The van der Waals surface area contributed by atoms with Crippen molar-refractivity contribution in [1.82, 2.24) is 15.5 Å². The van der Waals surface area contributed by atoms with Crippen molar-refractivity contribution >= 4 is 11.7 Å². The fraction of sp³-hybridized carbons (Fsp3) is 0.227. The van der Waals surface area contributed by atoms with E-state index in [0.29, 0.717) is 34.9 Å². The molecular formula is C22H21FN4O2. The topological polar surface area (TPSA) is 67.3 Å². The van der Waals surface area contributed by atoms with Gasteiger partial charge < -0.3 is 15.0 Å². The summed E-state index contributed by atoms with van der Waals surface area (Å²) < 4.78 is 19.2. The van der Waals surface area contributed by atoms with E-state index >= 15 is 0 Å². The summed E-state index contributed by atoms with van der Waals surface area (Å²) in [5.41, 5.74) is 1.43. The summed E-state index contributed by atoms with van der Waals surface area (Å²) in [5.74, 6) is 0.777. The largest absolute Gasteiger partial charge is 0.496 e. The van der Waals surface area contributed by atoms with E-state index < -0.39 is 0 Å². The first-order valence-electron chi connectivity index (χ1n) is 9.43. The van der Waals surface area contributed by atoms with Crippen molar-refractivity contribution in [2.75, 3.05) is 25.1 Å². The Morgan fingerprint density at radius 3 is 2.66 bits per heavy atom. The minimum Gasteiger partial charge on any atom is -0.496 e. The molecule has 1 atom stereocenters. The van der Waals surface area contributed by atoms with Crippen molar-refractivity contribution < 1.29 is 13.9 Å². The maximum atomic E-state index is 13.9. The van der Waals surface area contributed by atoms with Crippen LogP contribution in [0.2, 0.25) is 0 Å². The Morgan fingerprint density at radius 1 is 1.10 bits per heavy atom. The van der Waals surface area contributed by atoms with Gasteiger partial charge in [0.2, 0.25) is 0 Å². The third kappa shape index (κ3) is 4.03. The summed E-state index contributed by atoms with van der Waals surface area (Å²) in [6.07, 6.45) is 0.803. The molecule has 2 heterocycles. The number of halogens is 1. The van der Waals surface area contributed by atoms with Gasteiger partial charge in [-0.05, 0) is 42.8 Å². The molecule has 1 amide bonds. The number of carbonyl (C=O) groups excluding carboxylic acids is 1. The van der Waals surface area contributed by atoms with Gasteiger partial charge in [-0.25, -0.2) is 4.39 Å². The predicted octanol–water partition coefficient (Wildman–Crippen LogP) is 3.30. The number of ether oxygens (including phenoxy) is 1. The zero-order chi connectivity index (χ0) is 20.2. The highest BCUT2D eigenvalue weighted by Gasteiger charge is 2.26. The second kappa shape index (κ2) is 8.26. The van der Waals surface area contributed by atoms with Gasteiger partial charge in [0.15, 0.2) is 5.82 Å². The van der Waals surface area contributed by atoms with Gasteiger partial charge in [0, 0.05) is 24.7 Å². The fourth-order valence-electron chi connectivity index (χ4n) is 3.49. The Morgan fingerprint density at radius 2 is 1.90 bits per heavy atom. The van der Waals surface area contributed by atoms with Gasteiger partial charge in [-0.15, -0.1) is 10.2 Å². The second-order valence-corrected chi connectivity index (χ2v) is 6.86. The molecule has 0 bridgehead atoms. The van der Waals surface area contributed by atoms with Gasteiger partial charge in [-0.2, -0.15) is 0 Å². The summed E-state index contributed by atoms with van der Waals surface area (Å²) in [6, 6.07) is 17.2. The first-order chi connectivity index (χ1) is 14.2. The second-order valence-electron chi connectivity index (χ2n) is 6.86. The predicted molar refractivity (Wildman–Crippen MR) is 109 cm³/mol. The minimum atomic E-state index is -0.324. The number of rotatable bonds is 5. The average Bonchev–Trinajstić information content (AvgIpc) is 3.22. The molecule has 148 valence electrons. The smallest absolute Gasteiger partial charge is 0.255 e. The minimum absolute atomic E-state index is 0.000423. The Bertz CT molecular complexity index is 1010. The molecule has 1 aliphatic heterocycles. The molecule has 7 heteroatoms. The third-order valence-electron chi connectivity index (χ3n) is 5.00. The molecule has 0 aliphatic carbocycles. The van der Waals surface area contributed by atoms with Crippen molar-refractivity contribution in [2.24, 2.45) is 0 Å². The molecule has 3 aromatic rings. The van der Waals surface area contributed by atoms with Crippen LogP contribution in [0.1, 0.15) is 16.8 Å². The quantitative estimate of drug-likeness (QED) is 0.722.